The molecule has 1 rings (SSSR count). The highest BCUT2D eigenvalue weighted by Crippen LogP contribution is 2.15. The predicted octanol–water partition coefficient (Wildman–Crippen LogP) is -0.343. The van der Waals surface area contributed by atoms with Crippen LogP contribution in [0.4, 0.5) is 0 Å². The number of aliphatic hydroxyl groups is 1. The number of sulfonamides is 1. The second-order valence-corrected chi connectivity index (χ2v) is 6.72. The Labute approximate surface area is 138 Å². The van der Waals surface area contributed by atoms with E-state index >= 15 is 0 Å². The molecule has 0 aliphatic carbocycles. The Kier molecular flexibility index (Phi) is 6.95. The summed E-state index contributed by atoms with van der Waals surface area (Å²) in [4.78, 5) is 22.8. The van der Waals surface area contributed by atoms with Gasteiger partial charge < -0.3 is 15.2 Å². The van der Waals surface area contributed by atoms with Crippen molar-refractivity contribution >= 4 is 33.5 Å². The first-order chi connectivity index (χ1) is 10.7. The van der Waals surface area contributed by atoms with Gasteiger partial charge in [0.15, 0.2) is 6.61 Å². The van der Waals surface area contributed by atoms with Gasteiger partial charge in [0.1, 0.15) is 6.04 Å². The number of carbonyl (C=O) groups excluding carboxylic acids is 2. The molecule has 128 valence electrons. The predicted molar refractivity (Wildman–Crippen MR) is 82.3 cm³/mol. The number of hydrogen-bond donors (Lipinski definition) is 3. The third-order valence-electron chi connectivity index (χ3n) is 2.77. The number of benzene rings is 1. The summed E-state index contributed by atoms with van der Waals surface area (Å²) in [7, 11) is -2.73. The van der Waals surface area contributed by atoms with Gasteiger partial charge in [-0.15, -0.1) is 0 Å². The number of halogens is 1. The molecule has 0 aliphatic heterocycles. The van der Waals surface area contributed by atoms with Crippen LogP contribution in [0.25, 0.3) is 0 Å². The van der Waals surface area contributed by atoms with Gasteiger partial charge in [-0.2, -0.15) is 4.72 Å². The lowest BCUT2D eigenvalue weighted by Gasteiger charge is -2.19. The van der Waals surface area contributed by atoms with Crippen LogP contribution in [0.3, 0.4) is 0 Å². The van der Waals surface area contributed by atoms with Gasteiger partial charge in [0, 0.05) is 12.1 Å². The van der Waals surface area contributed by atoms with Crippen molar-refractivity contribution in [1.29, 1.82) is 0 Å². The van der Waals surface area contributed by atoms with E-state index in [4.69, 9.17) is 11.6 Å². The van der Waals surface area contributed by atoms with Crippen LogP contribution in [0.15, 0.2) is 29.2 Å². The van der Waals surface area contributed by atoms with Crippen molar-refractivity contribution < 1.29 is 27.9 Å². The zero-order valence-electron chi connectivity index (χ0n) is 12.4. The van der Waals surface area contributed by atoms with Crippen LogP contribution < -0.4 is 10.0 Å². The lowest BCUT2D eigenvalue weighted by atomic mass is 10.2. The van der Waals surface area contributed by atoms with Gasteiger partial charge >= 0.3 is 5.97 Å². The van der Waals surface area contributed by atoms with Crippen LogP contribution in [-0.2, 0) is 24.3 Å². The second kappa shape index (κ2) is 8.25. The number of nitrogens with one attached hydrogen (secondary N) is 2. The molecule has 8 nitrogen and oxygen atoms in total. The Hall–Kier alpha value is -1.68. The Morgan fingerprint density at radius 1 is 1.30 bits per heavy atom. The molecule has 1 aromatic rings. The highest BCUT2D eigenvalue weighted by Gasteiger charge is 2.31. The summed E-state index contributed by atoms with van der Waals surface area (Å²) < 4.78 is 31.1. The summed E-state index contributed by atoms with van der Waals surface area (Å²) in [6, 6.07) is 3.69. The van der Waals surface area contributed by atoms with Crippen molar-refractivity contribution in [3.63, 3.8) is 0 Å². The topological polar surface area (TPSA) is 122 Å². The van der Waals surface area contributed by atoms with Gasteiger partial charge in [0.25, 0.3) is 5.91 Å². The molecule has 10 heteroatoms. The van der Waals surface area contributed by atoms with Crippen LogP contribution >= 0.6 is 11.6 Å². The molecule has 0 spiro atoms. The number of esters is 1. The smallest absolute Gasteiger partial charge is 0.327 e. The van der Waals surface area contributed by atoms with E-state index in [9.17, 15) is 23.1 Å². The quantitative estimate of drug-likeness (QED) is 0.569. The zero-order chi connectivity index (χ0) is 17.6. The fourth-order valence-corrected chi connectivity index (χ4v) is 2.88. The van der Waals surface area contributed by atoms with Crippen LogP contribution in [-0.4, -0.2) is 51.2 Å². The fraction of sp³-hybridized carbons (Fsp3) is 0.385. The summed E-state index contributed by atoms with van der Waals surface area (Å²) in [5.41, 5.74) is 0. The summed E-state index contributed by atoms with van der Waals surface area (Å²) in [5, 5.41) is 12.2. The maximum atomic E-state index is 12.2. The highest BCUT2D eigenvalue weighted by molar-refractivity contribution is 7.89. The molecule has 0 saturated heterocycles. The first-order valence-corrected chi connectivity index (χ1v) is 8.36. The lowest BCUT2D eigenvalue weighted by molar-refractivity contribution is -0.152. The van der Waals surface area contributed by atoms with Crippen molar-refractivity contribution in [1.82, 2.24) is 10.0 Å². The van der Waals surface area contributed by atoms with Crippen molar-refractivity contribution in [2.75, 3.05) is 13.7 Å². The maximum absolute atomic E-state index is 12.2. The number of likely N-dealkylation sites (N-methyl/N-ethyl adjacent to an activating group) is 1. The van der Waals surface area contributed by atoms with E-state index in [-0.39, 0.29) is 4.90 Å². The molecule has 0 bridgehead atoms. The molecule has 0 fully saturated rings. The van der Waals surface area contributed by atoms with E-state index < -0.39 is 40.7 Å². The minimum atomic E-state index is -4.08. The fourth-order valence-electron chi connectivity index (χ4n) is 1.49. The molecule has 23 heavy (non-hydrogen) atoms. The van der Waals surface area contributed by atoms with Crippen molar-refractivity contribution in [2.24, 2.45) is 0 Å². The summed E-state index contributed by atoms with van der Waals surface area (Å²) in [5.74, 6) is -1.63. The molecule has 0 radical (unpaired) electrons. The summed E-state index contributed by atoms with van der Waals surface area (Å²) >= 11 is 5.69. The Balaban J connectivity index is 2.88. The van der Waals surface area contributed by atoms with Gasteiger partial charge in [-0.05, 0) is 31.2 Å². The van der Waals surface area contributed by atoms with Gasteiger partial charge in [0.2, 0.25) is 10.0 Å². The van der Waals surface area contributed by atoms with E-state index in [2.05, 4.69) is 10.1 Å². The molecule has 0 aliphatic rings. The van der Waals surface area contributed by atoms with Crippen molar-refractivity contribution in [2.45, 2.75) is 24.0 Å². The second-order valence-electron chi connectivity index (χ2n) is 4.57. The highest BCUT2D eigenvalue weighted by atomic mass is 35.5. The Bertz CT molecular complexity index is 660. The SMILES string of the molecule is CNC(=O)COC(=O)[C@@H](NS(=O)(=O)c1ccc(Cl)cc1)[C@@H](C)O. The average molecular weight is 365 g/mol. The monoisotopic (exact) mass is 364 g/mol. The maximum Gasteiger partial charge on any atom is 0.327 e. The first-order valence-electron chi connectivity index (χ1n) is 6.50. The van der Waals surface area contributed by atoms with Crippen LogP contribution in [0.2, 0.25) is 5.02 Å². The van der Waals surface area contributed by atoms with Crippen molar-refractivity contribution in [3.05, 3.63) is 29.3 Å². The van der Waals surface area contributed by atoms with E-state index in [0.29, 0.717) is 5.02 Å². The molecule has 2 atom stereocenters. The third-order valence-corrected chi connectivity index (χ3v) is 4.48. The molecular weight excluding hydrogens is 348 g/mol. The number of carbonyl (C=O) groups is 2. The Morgan fingerprint density at radius 3 is 2.35 bits per heavy atom. The number of rotatable bonds is 7. The van der Waals surface area contributed by atoms with Gasteiger partial charge in [-0.3, -0.25) is 9.59 Å². The number of amides is 1. The van der Waals surface area contributed by atoms with Crippen LogP contribution in [0.1, 0.15) is 6.92 Å². The minimum absolute atomic E-state index is 0.133. The van der Waals surface area contributed by atoms with E-state index in [1.165, 1.54) is 38.2 Å². The molecule has 0 saturated carbocycles. The van der Waals surface area contributed by atoms with Gasteiger partial charge in [-0.25, -0.2) is 8.42 Å². The molecule has 0 heterocycles. The third kappa shape index (κ3) is 5.79. The number of aliphatic hydroxyl groups excluding tert-OH is 1. The first kappa shape index (κ1) is 19.4. The standard InChI is InChI=1S/C13H17ClN2O6S/c1-8(17)12(13(19)22-7-11(18)15-2)16-23(20,21)10-5-3-9(14)4-6-10/h3-6,8,12,16-17H,7H2,1-2H3,(H,15,18)/t8-,12+/m1/s1. The van der Waals surface area contributed by atoms with Gasteiger partial charge in [0.05, 0.1) is 11.0 Å². The van der Waals surface area contributed by atoms with E-state index in [0.717, 1.165) is 0 Å². The number of ether oxygens (including phenoxy) is 1. The van der Waals surface area contributed by atoms with E-state index in [1.807, 2.05) is 4.72 Å². The normalized spacial score (nSPS) is 13.9. The molecule has 1 aromatic carbocycles. The Morgan fingerprint density at radius 2 is 1.87 bits per heavy atom. The van der Waals surface area contributed by atoms with E-state index in [1.54, 1.807) is 0 Å². The van der Waals surface area contributed by atoms with Crippen LogP contribution in [0, 0.1) is 0 Å². The molecule has 0 aromatic heterocycles. The molecule has 3 N–H and O–H groups in total. The van der Waals surface area contributed by atoms with Crippen molar-refractivity contribution in [3.8, 4) is 0 Å². The summed E-state index contributed by atoms with van der Waals surface area (Å²) in [6.07, 6.45) is -1.37. The molecule has 1 amide bonds. The van der Waals surface area contributed by atoms with Gasteiger partial charge in [-0.1, -0.05) is 11.6 Å². The largest absolute Gasteiger partial charge is 0.454 e. The van der Waals surface area contributed by atoms with Crippen LogP contribution in [0.5, 0.6) is 0 Å². The number of hydrogen-bond acceptors (Lipinski definition) is 6. The summed E-state index contributed by atoms with van der Waals surface area (Å²) in [6.45, 7) is 0.636. The molecule has 0 unspecified atom stereocenters. The minimum Gasteiger partial charge on any atom is -0.454 e. The lowest BCUT2D eigenvalue weighted by Crippen LogP contribution is -2.49. The average Bonchev–Trinajstić information content (AvgIpc) is 2.50. The zero-order valence-corrected chi connectivity index (χ0v) is 14.0. The molecular formula is C13H17ClN2O6S.